The van der Waals surface area contributed by atoms with Gasteiger partial charge in [-0.25, -0.2) is 13.8 Å². The summed E-state index contributed by atoms with van der Waals surface area (Å²) in [7, 11) is 0. The van der Waals surface area contributed by atoms with E-state index in [2.05, 4.69) is 4.98 Å². The van der Waals surface area contributed by atoms with Gasteiger partial charge in [0.2, 0.25) is 17.4 Å². The Kier molecular flexibility index (Phi) is 3.66. The third-order valence-electron chi connectivity index (χ3n) is 2.34. The van der Waals surface area contributed by atoms with E-state index in [1.54, 1.807) is 6.07 Å². The molecule has 0 aliphatic carbocycles. The molecule has 7 heteroatoms. The van der Waals surface area contributed by atoms with Crippen molar-refractivity contribution in [1.82, 2.24) is 4.98 Å². The van der Waals surface area contributed by atoms with Crippen molar-refractivity contribution in [2.45, 2.75) is 0 Å². The molecule has 0 radical (unpaired) electrons. The predicted octanol–water partition coefficient (Wildman–Crippen LogP) is 2.98. The van der Waals surface area contributed by atoms with Crippen molar-refractivity contribution in [1.29, 1.82) is 5.26 Å². The normalized spacial score (nSPS) is 9.90. The minimum Gasteiger partial charge on any atom is -0.433 e. The lowest BCUT2D eigenvalue weighted by atomic mass is 10.2. The fraction of sp³-hybridized carbons (Fsp3) is 0. The van der Waals surface area contributed by atoms with Gasteiger partial charge < -0.3 is 4.74 Å². The molecule has 0 saturated heterocycles. The summed E-state index contributed by atoms with van der Waals surface area (Å²) in [6.45, 7) is 0. The second-order valence-electron chi connectivity index (χ2n) is 3.62. The highest BCUT2D eigenvalue weighted by atomic mass is 19.2. The Bertz CT molecular complexity index is 709. The maximum atomic E-state index is 13.6. The van der Waals surface area contributed by atoms with Crippen LogP contribution in [0.5, 0.6) is 11.6 Å². The largest absolute Gasteiger partial charge is 0.433 e. The number of hydrogen-bond acceptors (Lipinski definition) is 4. The van der Waals surface area contributed by atoms with Gasteiger partial charge in [-0.1, -0.05) is 0 Å². The summed E-state index contributed by atoms with van der Waals surface area (Å²) in [5.41, 5.74) is -0.527. The van der Waals surface area contributed by atoms with Gasteiger partial charge in [-0.3, -0.25) is 4.79 Å². The third-order valence-corrected chi connectivity index (χ3v) is 2.34. The van der Waals surface area contributed by atoms with E-state index in [1.807, 2.05) is 0 Å². The number of aldehydes is 1. The van der Waals surface area contributed by atoms with Gasteiger partial charge in [-0.05, 0) is 12.1 Å². The number of benzene rings is 1. The summed E-state index contributed by atoms with van der Waals surface area (Å²) in [4.78, 5) is 14.0. The van der Waals surface area contributed by atoms with Crippen molar-refractivity contribution in [2.75, 3.05) is 0 Å². The zero-order chi connectivity index (χ0) is 14.7. The molecule has 0 spiro atoms. The van der Waals surface area contributed by atoms with E-state index in [-0.39, 0.29) is 17.7 Å². The molecule has 0 unspecified atom stereocenters. The average Bonchev–Trinajstić information content (AvgIpc) is 2.48. The number of pyridine rings is 1. The monoisotopic (exact) mass is 278 g/mol. The number of ether oxygens (including phenoxy) is 1. The van der Waals surface area contributed by atoms with E-state index in [4.69, 9.17) is 10.00 Å². The molecule has 0 fully saturated rings. The standard InChI is InChI=1S/C13H5F3N2O2/c14-9-3-8(6-19)11(15)12(16)13(9)20-10-2-1-7(4-17)5-18-10/h1-3,5-6H. The topological polar surface area (TPSA) is 63.0 Å². The summed E-state index contributed by atoms with van der Waals surface area (Å²) in [5.74, 6) is -5.61. The predicted molar refractivity (Wildman–Crippen MR) is 60.7 cm³/mol. The quantitative estimate of drug-likeness (QED) is 0.639. The van der Waals surface area contributed by atoms with E-state index in [0.29, 0.717) is 6.07 Å². The Hall–Kier alpha value is -2.88. The molecule has 1 aromatic carbocycles. The molecule has 0 N–H and O–H groups in total. The number of hydrogen-bond donors (Lipinski definition) is 0. The summed E-state index contributed by atoms with van der Waals surface area (Å²) >= 11 is 0. The highest BCUT2D eigenvalue weighted by Crippen LogP contribution is 2.29. The van der Waals surface area contributed by atoms with Gasteiger partial charge in [0.15, 0.2) is 17.9 Å². The Morgan fingerprint density at radius 3 is 2.55 bits per heavy atom. The summed E-state index contributed by atoms with van der Waals surface area (Å²) in [6.07, 6.45) is 1.12. The van der Waals surface area contributed by atoms with Gasteiger partial charge in [0.1, 0.15) is 6.07 Å². The van der Waals surface area contributed by atoms with Gasteiger partial charge in [0.25, 0.3) is 0 Å². The van der Waals surface area contributed by atoms with Crippen LogP contribution in [0.1, 0.15) is 15.9 Å². The highest BCUT2D eigenvalue weighted by molar-refractivity contribution is 5.75. The average molecular weight is 278 g/mol. The van der Waals surface area contributed by atoms with Crippen LogP contribution in [0.15, 0.2) is 24.4 Å². The molecule has 20 heavy (non-hydrogen) atoms. The molecule has 2 rings (SSSR count). The Balaban J connectivity index is 2.40. The van der Waals surface area contributed by atoms with Crippen LogP contribution in [0.2, 0.25) is 0 Å². The van der Waals surface area contributed by atoms with Crippen LogP contribution in [0, 0.1) is 28.8 Å². The zero-order valence-electron chi connectivity index (χ0n) is 9.73. The second kappa shape index (κ2) is 5.40. The molecule has 0 bridgehead atoms. The first-order valence-corrected chi connectivity index (χ1v) is 5.23. The van der Waals surface area contributed by atoms with Gasteiger partial charge in [0.05, 0.1) is 11.1 Å². The number of nitriles is 1. The van der Waals surface area contributed by atoms with E-state index in [9.17, 15) is 18.0 Å². The summed E-state index contributed by atoms with van der Waals surface area (Å²) in [5, 5.41) is 8.57. The summed E-state index contributed by atoms with van der Waals surface area (Å²) < 4.78 is 45.2. The lowest BCUT2D eigenvalue weighted by Gasteiger charge is -2.08. The minimum atomic E-state index is -1.63. The zero-order valence-corrected chi connectivity index (χ0v) is 9.73. The van der Waals surface area contributed by atoms with Gasteiger partial charge in [0, 0.05) is 12.3 Å². The summed E-state index contributed by atoms with van der Waals surface area (Å²) in [6, 6.07) is 4.83. The van der Waals surface area contributed by atoms with Gasteiger partial charge in [-0.15, -0.1) is 0 Å². The van der Waals surface area contributed by atoms with Gasteiger partial charge >= 0.3 is 0 Å². The molecular weight excluding hydrogens is 273 g/mol. The lowest BCUT2D eigenvalue weighted by Crippen LogP contribution is -2.01. The number of carbonyl (C=O) groups is 1. The van der Waals surface area contributed by atoms with Crippen LogP contribution in [0.4, 0.5) is 13.2 Å². The van der Waals surface area contributed by atoms with Crippen molar-refractivity contribution in [2.24, 2.45) is 0 Å². The van der Waals surface area contributed by atoms with Crippen molar-refractivity contribution in [3.63, 3.8) is 0 Å². The van der Waals surface area contributed by atoms with E-state index >= 15 is 0 Å². The van der Waals surface area contributed by atoms with Crippen molar-refractivity contribution < 1.29 is 22.7 Å². The van der Waals surface area contributed by atoms with Crippen molar-refractivity contribution in [3.05, 3.63) is 53.0 Å². The minimum absolute atomic E-state index is 0.00870. The molecule has 0 saturated carbocycles. The van der Waals surface area contributed by atoms with E-state index < -0.39 is 28.8 Å². The number of rotatable bonds is 3. The highest BCUT2D eigenvalue weighted by Gasteiger charge is 2.20. The fourth-order valence-electron chi connectivity index (χ4n) is 1.39. The Labute approximate surface area is 111 Å². The smallest absolute Gasteiger partial charge is 0.219 e. The van der Waals surface area contributed by atoms with Crippen LogP contribution in [0.3, 0.4) is 0 Å². The van der Waals surface area contributed by atoms with Crippen LogP contribution >= 0.6 is 0 Å². The van der Waals surface area contributed by atoms with Crippen molar-refractivity contribution >= 4 is 6.29 Å². The number of carbonyl (C=O) groups excluding carboxylic acids is 1. The molecular formula is C13H5F3N2O2. The molecule has 2 aromatic rings. The Morgan fingerprint density at radius 1 is 1.25 bits per heavy atom. The van der Waals surface area contributed by atoms with E-state index in [1.165, 1.54) is 12.1 Å². The molecule has 100 valence electrons. The first-order chi connectivity index (χ1) is 9.56. The first-order valence-electron chi connectivity index (χ1n) is 5.23. The fourth-order valence-corrected chi connectivity index (χ4v) is 1.39. The molecule has 1 heterocycles. The molecule has 1 aromatic heterocycles. The first kappa shape index (κ1) is 13.5. The molecule has 0 aliphatic rings. The maximum Gasteiger partial charge on any atom is 0.219 e. The Morgan fingerprint density at radius 2 is 2.00 bits per heavy atom. The molecule has 4 nitrogen and oxygen atoms in total. The molecule has 0 atom stereocenters. The van der Waals surface area contributed by atoms with Crippen LogP contribution in [0.25, 0.3) is 0 Å². The van der Waals surface area contributed by atoms with Crippen LogP contribution in [-0.4, -0.2) is 11.3 Å². The second-order valence-corrected chi connectivity index (χ2v) is 3.62. The SMILES string of the molecule is N#Cc1ccc(Oc2c(F)cc(C=O)c(F)c2F)nc1. The third kappa shape index (κ3) is 2.44. The van der Waals surface area contributed by atoms with Crippen molar-refractivity contribution in [3.8, 4) is 17.7 Å². The maximum absolute atomic E-state index is 13.6. The number of nitrogens with zero attached hydrogens (tertiary/aromatic N) is 2. The number of halogens is 3. The van der Waals surface area contributed by atoms with Gasteiger partial charge in [-0.2, -0.15) is 9.65 Å². The van der Waals surface area contributed by atoms with Crippen LogP contribution in [-0.2, 0) is 0 Å². The van der Waals surface area contributed by atoms with E-state index in [0.717, 1.165) is 6.20 Å². The number of aromatic nitrogens is 1. The molecule has 0 amide bonds. The van der Waals surface area contributed by atoms with Crippen LogP contribution < -0.4 is 4.74 Å². The molecule has 0 aliphatic heterocycles. The lowest BCUT2D eigenvalue weighted by molar-refractivity contribution is 0.111.